The van der Waals surface area contributed by atoms with Gasteiger partial charge in [0.25, 0.3) is 11.8 Å². The molecular formula is C25H20ClFN2O3. The highest BCUT2D eigenvalue weighted by molar-refractivity contribution is 6.36. The van der Waals surface area contributed by atoms with Crippen LogP contribution in [-0.2, 0) is 16.1 Å². The first-order valence-electron chi connectivity index (χ1n) is 9.90. The number of ether oxygens (including phenoxy) is 1. The molecule has 0 aromatic heterocycles. The number of amides is 2. The Morgan fingerprint density at radius 3 is 2.31 bits per heavy atom. The monoisotopic (exact) mass is 450 g/mol. The molecule has 3 aromatic carbocycles. The SMILES string of the molecule is COc1ccc(C2=C(Nc3cccc(Cl)c3C)C(=O)N(Cc3ccc(F)cc3)C2=O)cc1. The summed E-state index contributed by atoms with van der Waals surface area (Å²) in [5.41, 5.74) is 3.01. The number of rotatable bonds is 6. The topological polar surface area (TPSA) is 58.6 Å². The van der Waals surface area contributed by atoms with Crippen LogP contribution in [-0.4, -0.2) is 23.8 Å². The number of carbonyl (C=O) groups excluding carboxylic acids is 2. The fourth-order valence-electron chi connectivity index (χ4n) is 3.51. The summed E-state index contributed by atoms with van der Waals surface area (Å²) < 4.78 is 18.5. The molecule has 0 fully saturated rings. The van der Waals surface area contributed by atoms with Gasteiger partial charge in [-0.3, -0.25) is 14.5 Å². The fourth-order valence-corrected chi connectivity index (χ4v) is 3.69. The zero-order chi connectivity index (χ0) is 22.8. The number of methoxy groups -OCH3 is 1. The van der Waals surface area contributed by atoms with Crippen LogP contribution in [0.4, 0.5) is 10.1 Å². The molecule has 32 heavy (non-hydrogen) atoms. The summed E-state index contributed by atoms with van der Waals surface area (Å²) in [5, 5.41) is 3.67. The zero-order valence-corrected chi connectivity index (χ0v) is 18.2. The predicted molar refractivity (Wildman–Crippen MR) is 122 cm³/mol. The van der Waals surface area contributed by atoms with E-state index in [2.05, 4.69) is 5.32 Å². The van der Waals surface area contributed by atoms with E-state index in [9.17, 15) is 14.0 Å². The Bertz CT molecular complexity index is 1220. The number of hydrogen-bond acceptors (Lipinski definition) is 4. The highest BCUT2D eigenvalue weighted by atomic mass is 35.5. The van der Waals surface area contributed by atoms with Crippen molar-refractivity contribution < 1.29 is 18.7 Å². The maximum atomic E-state index is 13.4. The summed E-state index contributed by atoms with van der Waals surface area (Å²) in [7, 11) is 1.55. The maximum absolute atomic E-state index is 13.4. The van der Waals surface area contributed by atoms with Gasteiger partial charge in [0.2, 0.25) is 0 Å². The van der Waals surface area contributed by atoms with E-state index in [-0.39, 0.29) is 23.6 Å². The van der Waals surface area contributed by atoms with Crippen LogP contribution >= 0.6 is 11.6 Å². The average Bonchev–Trinajstić information content (AvgIpc) is 3.02. The van der Waals surface area contributed by atoms with Crippen LogP contribution in [0.3, 0.4) is 0 Å². The Kier molecular flexibility index (Phi) is 5.97. The Morgan fingerprint density at radius 2 is 1.66 bits per heavy atom. The molecule has 1 N–H and O–H groups in total. The Hall–Kier alpha value is -3.64. The van der Waals surface area contributed by atoms with E-state index in [0.29, 0.717) is 27.6 Å². The minimum absolute atomic E-state index is 0.0251. The smallest absolute Gasteiger partial charge is 0.278 e. The number of halogens is 2. The molecule has 1 aliphatic rings. The molecule has 0 saturated heterocycles. The van der Waals surface area contributed by atoms with Gasteiger partial charge >= 0.3 is 0 Å². The van der Waals surface area contributed by atoms with E-state index in [1.165, 1.54) is 12.1 Å². The van der Waals surface area contributed by atoms with Gasteiger partial charge in [-0.25, -0.2) is 4.39 Å². The summed E-state index contributed by atoms with van der Waals surface area (Å²) in [4.78, 5) is 27.9. The van der Waals surface area contributed by atoms with Gasteiger partial charge in [0.05, 0.1) is 19.2 Å². The standard InChI is InChI=1S/C25H20ClFN2O3/c1-15-20(26)4-3-5-21(15)28-23-22(17-8-12-19(32-2)13-9-17)24(30)29(25(23)31)14-16-6-10-18(27)11-7-16/h3-13,28H,14H2,1-2H3. The van der Waals surface area contributed by atoms with Crippen molar-refractivity contribution >= 4 is 34.7 Å². The van der Waals surface area contributed by atoms with Crippen LogP contribution in [0, 0.1) is 12.7 Å². The first kappa shape index (κ1) is 21.6. The molecule has 3 aromatic rings. The Morgan fingerprint density at radius 1 is 0.969 bits per heavy atom. The maximum Gasteiger partial charge on any atom is 0.278 e. The minimum atomic E-state index is -0.468. The highest BCUT2D eigenvalue weighted by Crippen LogP contribution is 2.34. The second-order valence-corrected chi connectivity index (χ2v) is 7.75. The van der Waals surface area contributed by atoms with Gasteiger partial charge in [-0.05, 0) is 60.0 Å². The van der Waals surface area contributed by atoms with Gasteiger partial charge in [0, 0.05) is 10.7 Å². The van der Waals surface area contributed by atoms with E-state index in [1.54, 1.807) is 61.7 Å². The third-order valence-electron chi connectivity index (χ3n) is 5.33. The normalized spacial score (nSPS) is 13.7. The van der Waals surface area contributed by atoms with Gasteiger partial charge < -0.3 is 10.1 Å². The molecule has 0 radical (unpaired) electrons. The summed E-state index contributed by atoms with van der Waals surface area (Å²) in [6.45, 7) is 1.85. The number of imide groups is 1. The van der Waals surface area contributed by atoms with Crippen LogP contribution in [0.1, 0.15) is 16.7 Å². The van der Waals surface area contributed by atoms with Crippen LogP contribution in [0.25, 0.3) is 5.57 Å². The van der Waals surface area contributed by atoms with E-state index < -0.39 is 11.8 Å². The van der Waals surface area contributed by atoms with Crippen molar-refractivity contribution in [3.63, 3.8) is 0 Å². The van der Waals surface area contributed by atoms with Crippen LogP contribution in [0.2, 0.25) is 5.02 Å². The Labute approximate surface area is 190 Å². The third kappa shape index (κ3) is 4.09. The largest absolute Gasteiger partial charge is 0.497 e. The van der Waals surface area contributed by atoms with Crippen molar-refractivity contribution in [1.82, 2.24) is 4.90 Å². The van der Waals surface area contributed by atoms with Gasteiger partial charge in [0.1, 0.15) is 17.3 Å². The van der Waals surface area contributed by atoms with Gasteiger partial charge in [-0.1, -0.05) is 41.9 Å². The van der Waals surface area contributed by atoms with E-state index in [1.807, 2.05) is 6.92 Å². The zero-order valence-electron chi connectivity index (χ0n) is 17.5. The summed E-state index contributed by atoms with van der Waals surface area (Å²) in [6.07, 6.45) is 0. The van der Waals surface area contributed by atoms with Crippen molar-refractivity contribution in [2.24, 2.45) is 0 Å². The van der Waals surface area contributed by atoms with E-state index in [0.717, 1.165) is 10.5 Å². The number of nitrogens with zero attached hydrogens (tertiary/aromatic N) is 1. The van der Waals surface area contributed by atoms with Crippen LogP contribution < -0.4 is 10.1 Å². The molecular weight excluding hydrogens is 431 g/mol. The highest BCUT2D eigenvalue weighted by Gasteiger charge is 2.39. The van der Waals surface area contributed by atoms with Crippen molar-refractivity contribution in [3.8, 4) is 5.75 Å². The molecule has 0 saturated carbocycles. The molecule has 0 spiro atoms. The Balaban J connectivity index is 1.76. The van der Waals surface area contributed by atoms with Crippen LogP contribution in [0.5, 0.6) is 5.75 Å². The summed E-state index contributed by atoms with van der Waals surface area (Å²) >= 11 is 6.24. The van der Waals surface area contributed by atoms with E-state index in [4.69, 9.17) is 16.3 Å². The number of hydrogen-bond donors (Lipinski definition) is 1. The molecule has 162 valence electrons. The molecule has 2 amide bonds. The molecule has 0 unspecified atom stereocenters. The second kappa shape index (κ2) is 8.85. The second-order valence-electron chi connectivity index (χ2n) is 7.34. The predicted octanol–water partition coefficient (Wildman–Crippen LogP) is 5.19. The quantitative estimate of drug-likeness (QED) is 0.525. The number of nitrogens with one attached hydrogen (secondary N) is 1. The molecule has 4 rings (SSSR count). The van der Waals surface area contributed by atoms with Crippen molar-refractivity contribution in [2.45, 2.75) is 13.5 Å². The first-order chi connectivity index (χ1) is 15.4. The van der Waals surface area contributed by atoms with Crippen molar-refractivity contribution in [3.05, 3.63) is 100.0 Å². The fraction of sp³-hybridized carbons (Fsp3) is 0.120. The number of benzene rings is 3. The lowest BCUT2D eigenvalue weighted by Gasteiger charge is -2.16. The molecule has 0 bridgehead atoms. The third-order valence-corrected chi connectivity index (χ3v) is 5.74. The minimum Gasteiger partial charge on any atom is -0.497 e. The molecule has 7 heteroatoms. The molecule has 1 heterocycles. The lowest BCUT2D eigenvalue weighted by atomic mass is 10.0. The average molecular weight is 451 g/mol. The summed E-state index contributed by atoms with van der Waals surface area (Å²) in [5.74, 6) is -0.658. The lowest BCUT2D eigenvalue weighted by Crippen LogP contribution is -2.32. The van der Waals surface area contributed by atoms with Gasteiger partial charge in [-0.15, -0.1) is 0 Å². The summed E-state index contributed by atoms with van der Waals surface area (Å²) in [6, 6.07) is 17.9. The molecule has 0 aliphatic carbocycles. The van der Waals surface area contributed by atoms with Crippen molar-refractivity contribution in [1.29, 1.82) is 0 Å². The van der Waals surface area contributed by atoms with Gasteiger partial charge in [0.15, 0.2) is 0 Å². The van der Waals surface area contributed by atoms with Crippen LogP contribution in [0.15, 0.2) is 72.4 Å². The molecule has 1 aliphatic heterocycles. The van der Waals surface area contributed by atoms with Gasteiger partial charge in [-0.2, -0.15) is 0 Å². The molecule has 0 atom stereocenters. The first-order valence-corrected chi connectivity index (χ1v) is 10.3. The van der Waals surface area contributed by atoms with Crippen molar-refractivity contribution in [2.75, 3.05) is 12.4 Å². The number of carbonyl (C=O) groups is 2. The molecule has 5 nitrogen and oxygen atoms in total. The van der Waals surface area contributed by atoms with E-state index >= 15 is 0 Å². The lowest BCUT2D eigenvalue weighted by molar-refractivity contribution is -0.137. The number of anilines is 1.